The Morgan fingerprint density at radius 2 is 1.91 bits per heavy atom. The molecule has 0 spiro atoms. The zero-order chi connectivity index (χ0) is 16.2. The van der Waals surface area contributed by atoms with E-state index in [0.717, 1.165) is 16.2 Å². The quantitative estimate of drug-likeness (QED) is 0.505. The first-order valence-corrected chi connectivity index (χ1v) is 7.50. The number of rotatable bonds is 4. The van der Waals surface area contributed by atoms with Gasteiger partial charge in [-0.2, -0.15) is 5.26 Å². The summed E-state index contributed by atoms with van der Waals surface area (Å²) in [5.74, 6) is 0.730. The third kappa shape index (κ3) is 3.10. The van der Waals surface area contributed by atoms with Crippen LogP contribution in [-0.4, -0.2) is 4.92 Å². The van der Waals surface area contributed by atoms with Gasteiger partial charge in [-0.25, -0.2) is 0 Å². The summed E-state index contributed by atoms with van der Waals surface area (Å²) in [5.41, 5.74) is 1.09. The summed E-state index contributed by atoms with van der Waals surface area (Å²) >= 11 is 1.38. The molecule has 0 bridgehead atoms. The molecule has 0 radical (unpaired) electrons. The van der Waals surface area contributed by atoms with Crippen molar-refractivity contribution < 1.29 is 9.34 Å². The van der Waals surface area contributed by atoms with Crippen LogP contribution in [0.5, 0.6) is 0 Å². The minimum absolute atomic E-state index is 0.0924. The Labute approximate surface area is 136 Å². The molecule has 0 aliphatic rings. The summed E-state index contributed by atoms with van der Waals surface area (Å²) in [6, 6.07) is 17.6. The normalized spacial score (nSPS) is 10.2. The third-order valence-corrected chi connectivity index (χ3v) is 4.34. The molecular formula is C17H10N2O3S. The zero-order valence-electron chi connectivity index (χ0n) is 11.8. The van der Waals surface area contributed by atoms with E-state index in [1.54, 1.807) is 12.3 Å². The van der Waals surface area contributed by atoms with Crippen molar-refractivity contribution in [3.63, 3.8) is 0 Å². The van der Waals surface area contributed by atoms with Crippen LogP contribution in [0.4, 0.5) is 5.69 Å². The number of nitro groups is 1. The van der Waals surface area contributed by atoms with Crippen LogP contribution in [0.3, 0.4) is 0 Å². The second-order valence-electron chi connectivity index (χ2n) is 4.62. The molecule has 0 saturated carbocycles. The molecule has 0 atom stereocenters. The monoisotopic (exact) mass is 322 g/mol. The van der Waals surface area contributed by atoms with Crippen LogP contribution >= 0.6 is 11.8 Å². The second kappa shape index (κ2) is 6.38. The van der Waals surface area contributed by atoms with E-state index >= 15 is 0 Å². The number of hydrogen-bond donors (Lipinski definition) is 0. The number of benzene rings is 2. The standard InChI is InChI=1S/C17H10N2O3S/c18-11-12-10-13(19(20)21)7-8-16(12)23-17-6-2-1-4-14(17)15-5-3-9-22-15/h1-10H. The topological polar surface area (TPSA) is 80.1 Å². The van der Waals surface area contributed by atoms with Gasteiger partial charge in [0.05, 0.1) is 16.7 Å². The van der Waals surface area contributed by atoms with Crippen LogP contribution in [-0.2, 0) is 0 Å². The Morgan fingerprint density at radius 1 is 1.09 bits per heavy atom. The number of non-ortho nitro benzene ring substituents is 1. The molecular weight excluding hydrogens is 312 g/mol. The fraction of sp³-hybridized carbons (Fsp3) is 0. The van der Waals surface area contributed by atoms with Crippen LogP contribution in [0, 0.1) is 21.4 Å². The highest BCUT2D eigenvalue weighted by Crippen LogP contribution is 2.38. The molecule has 5 nitrogen and oxygen atoms in total. The smallest absolute Gasteiger partial charge is 0.270 e. The largest absolute Gasteiger partial charge is 0.464 e. The maximum atomic E-state index is 10.8. The Balaban J connectivity index is 2.01. The van der Waals surface area contributed by atoms with Gasteiger partial charge in [0, 0.05) is 27.5 Å². The lowest BCUT2D eigenvalue weighted by Crippen LogP contribution is -1.90. The van der Waals surface area contributed by atoms with E-state index in [-0.39, 0.29) is 11.3 Å². The predicted molar refractivity (Wildman–Crippen MR) is 86.1 cm³/mol. The first-order chi connectivity index (χ1) is 11.2. The molecule has 2 aromatic carbocycles. The first-order valence-electron chi connectivity index (χ1n) is 6.68. The average Bonchev–Trinajstić information content (AvgIpc) is 3.10. The van der Waals surface area contributed by atoms with Gasteiger partial charge in [-0.3, -0.25) is 10.1 Å². The van der Waals surface area contributed by atoms with Crippen molar-refractivity contribution in [1.29, 1.82) is 5.26 Å². The lowest BCUT2D eigenvalue weighted by molar-refractivity contribution is -0.384. The van der Waals surface area contributed by atoms with Crippen LogP contribution in [0.25, 0.3) is 11.3 Å². The molecule has 112 valence electrons. The Kier molecular flexibility index (Phi) is 4.13. The summed E-state index contributed by atoms with van der Waals surface area (Å²) in [6.07, 6.45) is 1.60. The second-order valence-corrected chi connectivity index (χ2v) is 5.71. The van der Waals surface area contributed by atoms with Crippen LogP contribution in [0.15, 0.2) is 75.1 Å². The summed E-state index contributed by atoms with van der Waals surface area (Å²) in [6.45, 7) is 0. The van der Waals surface area contributed by atoms with Crippen molar-refractivity contribution >= 4 is 17.4 Å². The number of nitro benzene ring substituents is 1. The third-order valence-electron chi connectivity index (χ3n) is 3.19. The summed E-state index contributed by atoms with van der Waals surface area (Å²) in [5, 5.41) is 20.1. The highest BCUT2D eigenvalue weighted by molar-refractivity contribution is 7.99. The molecule has 3 aromatic rings. The highest BCUT2D eigenvalue weighted by atomic mass is 32.2. The minimum Gasteiger partial charge on any atom is -0.464 e. The van der Waals surface area contributed by atoms with Gasteiger partial charge in [-0.1, -0.05) is 30.0 Å². The Hall–Kier alpha value is -3.04. The number of furan rings is 1. The van der Waals surface area contributed by atoms with E-state index < -0.39 is 4.92 Å². The molecule has 3 rings (SSSR count). The Morgan fingerprint density at radius 3 is 2.61 bits per heavy atom. The number of hydrogen-bond acceptors (Lipinski definition) is 5. The first kappa shape index (κ1) is 14.9. The van der Waals surface area contributed by atoms with Crippen molar-refractivity contribution in [3.05, 3.63) is 76.5 Å². The van der Waals surface area contributed by atoms with Crippen molar-refractivity contribution in [2.24, 2.45) is 0 Å². The van der Waals surface area contributed by atoms with Gasteiger partial charge in [0.1, 0.15) is 11.8 Å². The van der Waals surface area contributed by atoms with Crippen molar-refractivity contribution in [2.45, 2.75) is 9.79 Å². The van der Waals surface area contributed by atoms with Crippen molar-refractivity contribution in [3.8, 4) is 17.4 Å². The van der Waals surface area contributed by atoms with Gasteiger partial charge < -0.3 is 4.42 Å². The van der Waals surface area contributed by atoms with E-state index in [1.807, 2.05) is 42.5 Å². The van der Waals surface area contributed by atoms with E-state index in [1.165, 1.54) is 23.9 Å². The van der Waals surface area contributed by atoms with Crippen LogP contribution in [0.2, 0.25) is 0 Å². The summed E-state index contributed by atoms with van der Waals surface area (Å²) < 4.78 is 5.44. The van der Waals surface area contributed by atoms with E-state index in [2.05, 4.69) is 0 Å². The molecule has 1 aromatic heterocycles. The van der Waals surface area contributed by atoms with Gasteiger partial charge in [0.25, 0.3) is 5.69 Å². The van der Waals surface area contributed by atoms with Gasteiger partial charge in [-0.15, -0.1) is 0 Å². The number of nitrogens with zero attached hydrogens (tertiary/aromatic N) is 2. The Bertz CT molecular complexity index is 898. The molecule has 0 fully saturated rings. The SMILES string of the molecule is N#Cc1cc([N+](=O)[O-])ccc1Sc1ccccc1-c1ccco1. The molecule has 23 heavy (non-hydrogen) atoms. The maximum Gasteiger partial charge on any atom is 0.270 e. The zero-order valence-corrected chi connectivity index (χ0v) is 12.6. The summed E-state index contributed by atoms with van der Waals surface area (Å²) in [4.78, 5) is 11.9. The molecule has 0 amide bonds. The minimum atomic E-state index is -0.508. The highest BCUT2D eigenvalue weighted by Gasteiger charge is 2.14. The van der Waals surface area contributed by atoms with Crippen LogP contribution < -0.4 is 0 Å². The fourth-order valence-corrected chi connectivity index (χ4v) is 3.13. The molecule has 1 heterocycles. The van der Waals surface area contributed by atoms with Gasteiger partial charge in [-0.05, 0) is 24.3 Å². The van der Waals surface area contributed by atoms with Gasteiger partial charge in [0.2, 0.25) is 0 Å². The number of nitriles is 1. The predicted octanol–water partition coefficient (Wildman–Crippen LogP) is 4.88. The van der Waals surface area contributed by atoms with E-state index in [9.17, 15) is 15.4 Å². The van der Waals surface area contributed by atoms with Crippen molar-refractivity contribution in [1.82, 2.24) is 0 Å². The van der Waals surface area contributed by atoms with E-state index in [4.69, 9.17) is 4.42 Å². The lowest BCUT2D eigenvalue weighted by Gasteiger charge is -2.08. The molecule has 0 saturated heterocycles. The molecule has 6 heteroatoms. The fourth-order valence-electron chi connectivity index (χ4n) is 2.12. The maximum absolute atomic E-state index is 10.8. The van der Waals surface area contributed by atoms with Crippen LogP contribution in [0.1, 0.15) is 5.56 Å². The molecule has 0 aliphatic heterocycles. The molecule has 0 N–H and O–H groups in total. The van der Waals surface area contributed by atoms with Gasteiger partial charge >= 0.3 is 0 Å². The lowest BCUT2D eigenvalue weighted by atomic mass is 10.2. The average molecular weight is 322 g/mol. The summed E-state index contributed by atoms with van der Waals surface area (Å²) in [7, 11) is 0. The van der Waals surface area contributed by atoms with Crippen molar-refractivity contribution in [2.75, 3.05) is 0 Å². The molecule has 0 unspecified atom stereocenters. The van der Waals surface area contributed by atoms with Gasteiger partial charge in [0.15, 0.2) is 0 Å². The van der Waals surface area contributed by atoms with E-state index in [0.29, 0.717) is 4.90 Å². The molecule has 0 aliphatic carbocycles.